The molecule has 0 bridgehead atoms. The standard InChI is InChI=1S/C15H16BrN3S/c1-11-14-6-3-7-18(14)8-9-19(11)15(20)17-13-5-2-4-12(16)10-13/h2-7,10-11H,8-9H2,1H3,(H,17,20)/t11-/m1/s1. The lowest BCUT2D eigenvalue weighted by molar-refractivity contribution is 0.276. The maximum Gasteiger partial charge on any atom is 0.174 e. The fourth-order valence-corrected chi connectivity index (χ4v) is 3.38. The second kappa shape index (κ2) is 5.58. The summed E-state index contributed by atoms with van der Waals surface area (Å²) in [5.74, 6) is 0. The van der Waals surface area contributed by atoms with Gasteiger partial charge in [-0.05, 0) is 49.5 Å². The van der Waals surface area contributed by atoms with Gasteiger partial charge in [-0.15, -0.1) is 0 Å². The molecule has 104 valence electrons. The van der Waals surface area contributed by atoms with Crippen LogP contribution in [0, 0.1) is 0 Å². The highest BCUT2D eigenvalue weighted by Gasteiger charge is 2.25. The van der Waals surface area contributed by atoms with Gasteiger partial charge in [-0.25, -0.2) is 0 Å². The number of rotatable bonds is 1. The fourth-order valence-electron chi connectivity index (χ4n) is 2.62. The largest absolute Gasteiger partial charge is 0.348 e. The number of fused-ring (bicyclic) bond motifs is 1. The molecule has 1 atom stereocenters. The van der Waals surface area contributed by atoms with E-state index in [4.69, 9.17) is 12.2 Å². The monoisotopic (exact) mass is 349 g/mol. The van der Waals surface area contributed by atoms with Crippen molar-refractivity contribution < 1.29 is 0 Å². The molecule has 1 N–H and O–H groups in total. The molecule has 3 nitrogen and oxygen atoms in total. The summed E-state index contributed by atoms with van der Waals surface area (Å²) < 4.78 is 3.34. The van der Waals surface area contributed by atoms with Crippen molar-refractivity contribution in [1.29, 1.82) is 0 Å². The normalized spacial score (nSPS) is 17.7. The smallest absolute Gasteiger partial charge is 0.174 e. The summed E-state index contributed by atoms with van der Waals surface area (Å²) in [6, 6.07) is 12.6. The number of thiocarbonyl (C=S) groups is 1. The lowest BCUT2D eigenvalue weighted by Crippen LogP contribution is -2.42. The number of anilines is 1. The molecule has 0 radical (unpaired) electrons. The van der Waals surface area contributed by atoms with E-state index in [0.717, 1.165) is 28.4 Å². The molecule has 2 aromatic rings. The van der Waals surface area contributed by atoms with Gasteiger partial charge in [0.2, 0.25) is 0 Å². The maximum absolute atomic E-state index is 5.57. The molecule has 0 spiro atoms. The number of halogens is 1. The fraction of sp³-hybridized carbons (Fsp3) is 0.267. The predicted molar refractivity (Wildman–Crippen MR) is 89.9 cm³/mol. The first-order valence-electron chi connectivity index (χ1n) is 6.63. The summed E-state index contributed by atoms with van der Waals surface area (Å²) in [4.78, 5) is 2.24. The Balaban J connectivity index is 1.75. The molecule has 1 aliphatic heterocycles. The Labute approximate surface area is 132 Å². The van der Waals surface area contributed by atoms with Crippen LogP contribution in [0.1, 0.15) is 18.7 Å². The lowest BCUT2D eigenvalue weighted by atomic mass is 10.1. The molecule has 0 fully saturated rings. The minimum absolute atomic E-state index is 0.297. The Hall–Kier alpha value is -1.33. The van der Waals surface area contributed by atoms with Crippen LogP contribution in [0.5, 0.6) is 0 Å². The van der Waals surface area contributed by atoms with E-state index in [2.05, 4.69) is 56.0 Å². The number of aromatic nitrogens is 1. The van der Waals surface area contributed by atoms with Crippen LogP contribution in [0.25, 0.3) is 0 Å². The zero-order valence-corrected chi connectivity index (χ0v) is 13.6. The van der Waals surface area contributed by atoms with Gasteiger partial charge in [-0.1, -0.05) is 22.0 Å². The van der Waals surface area contributed by atoms with Crippen LogP contribution in [0.2, 0.25) is 0 Å². The summed E-state index contributed by atoms with van der Waals surface area (Å²) in [5.41, 5.74) is 2.33. The van der Waals surface area contributed by atoms with E-state index in [1.165, 1.54) is 5.69 Å². The van der Waals surface area contributed by atoms with Gasteiger partial charge in [0.05, 0.1) is 6.04 Å². The molecule has 0 amide bonds. The average molecular weight is 350 g/mol. The van der Waals surface area contributed by atoms with Gasteiger partial charge in [0.15, 0.2) is 5.11 Å². The van der Waals surface area contributed by atoms with Crippen molar-refractivity contribution >= 4 is 38.9 Å². The van der Waals surface area contributed by atoms with Crippen LogP contribution in [0.3, 0.4) is 0 Å². The first-order valence-corrected chi connectivity index (χ1v) is 7.83. The summed E-state index contributed by atoms with van der Waals surface area (Å²) in [6.07, 6.45) is 2.13. The van der Waals surface area contributed by atoms with Crippen LogP contribution >= 0.6 is 28.1 Å². The van der Waals surface area contributed by atoms with Gasteiger partial charge in [0, 0.05) is 35.1 Å². The molecule has 0 saturated heterocycles. The summed E-state index contributed by atoms with van der Waals surface area (Å²) in [7, 11) is 0. The Kier molecular flexibility index (Phi) is 3.81. The van der Waals surface area contributed by atoms with Crippen molar-refractivity contribution in [3.05, 3.63) is 52.8 Å². The van der Waals surface area contributed by atoms with Crippen molar-refractivity contribution in [1.82, 2.24) is 9.47 Å². The number of hydrogen-bond donors (Lipinski definition) is 1. The summed E-state index contributed by atoms with van der Waals surface area (Å²) in [6.45, 7) is 4.11. The Morgan fingerprint density at radius 2 is 2.15 bits per heavy atom. The van der Waals surface area contributed by atoms with Crippen LogP contribution in [0.15, 0.2) is 47.1 Å². The zero-order chi connectivity index (χ0) is 14.1. The number of nitrogens with zero attached hydrogens (tertiary/aromatic N) is 2. The first-order chi connectivity index (χ1) is 9.65. The van der Waals surface area contributed by atoms with E-state index in [0.29, 0.717) is 6.04 Å². The molecule has 0 aliphatic carbocycles. The molecule has 0 saturated carbocycles. The van der Waals surface area contributed by atoms with E-state index in [9.17, 15) is 0 Å². The van der Waals surface area contributed by atoms with Crippen molar-refractivity contribution in [2.75, 3.05) is 11.9 Å². The molecule has 5 heteroatoms. The molecule has 1 aliphatic rings. The predicted octanol–water partition coefficient (Wildman–Crippen LogP) is 4.02. The van der Waals surface area contributed by atoms with Crippen molar-refractivity contribution in [3.8, 4) is 0 Å². The van der Waals surface area contributed by atoms with Gasteiger partial charge in [-0.2, -0.15) is 0 Å². The molecule has 2 heterocycles. The topological polar surface area (TPSA) is 20.2 Å². The Morgan fingerprint density at radius 3 is 2.95 bits per heavy atom. The molecule has 3 rings (SSSR count). The van der Waals surface area contributed by atoms with E-state index in [-0.39, 0.29) is 0 Å². The zero-order valence-electron chi connectivity index (χ0n) is 11.2. The molecule has 1 aromatic heterocycles. The van der Waals surface area contributed by atoms with E-state index in [1.807, 2.05) is 24.3 Å². The molecule has 20 heavy (non-hydrogen) atoms. The molecular weight excluding hydrogens is 334 g/mol. The van der Waals surface area contributed by atoms with Crippen molar-refractivity contribution in [3.63, 3.8) is 0 Å². The third-order valence-corrected chi connectivity index (χ3v) is 4.51. The van der Waals surface area contributed by atoms with Gasteiger partial charge in [0.25, 0.3) is 0 Å². The van der Waals surface area contributed by atoms with Crippen LogP contribution < -0.4 is 5.32 Å². The molecular formula is C15H16BrN3S. The van der Waals surface area contributed by atoms with Crippen LogP contribution in [-0.2, 0) is 6.54 Å². The highest BCUT2D eigenvalue weighted by Crippen LogP contribution is 2.26. The van der Waals surface area contributed by atoms with Crippen molar-refractivity contribution in [2.45, 2.75) is 19.5 Å². The number of nitrogens with one attached hydrogen (secondary N) is 1. The lowest BCUT2D eigenvalue weighted by Gasteiger charge is -2.36. The third-order valence-electron chi connectivity index (χ3n) is 3.68. The minimum Gasteiger partial charge on any atom is -0.348 e. The highest BCUT2D eigenvalue weighted by atomic mass is 79.9. The summed E-state index contributed by atoms with van der Waals surface area (Å²) in [5, 5.41) is 4.10. The SMILES string of the molecule is C[C@@H]1c2cccn2CCN1C(=S)Nc1cccc(Br)c1. The van der Waals surface area contributed by atoms with Gasteiger partial charge in [0.1, 0.15) is 0 Å². The van der Waals surface area contributed by atoms with E-state index < -0.39 is 0 Å². The van der Waals surface area contributed by atoms with Crippen LogP contribution in [-0.4, -0.2) is 21.1 Å². The number of hydrogen-bond acceptors (Lipinski definition) is 1. The van der Waals surface area contributed by atoms with Crippen LogP contribution in [0.4, 0.5) is 5.69 Å². The van der Waals surface area contributed by atoms with E-state index >= 15 is 0 Å². The summed E-state index contributed by atoms with van der Waals surface area (Å²) >= 11 is 9.05. The first kappa shape index (κ1) is 13.6. The molecule has 0 unspecified atom stereocenters. The molecule has 1 aromatic carbocycles. The second-order valence-corrected chi connectivity index (χ2v) is 6.24. The highest BCUT2D eigenvalue weighted by molar-refractivity contribution is 9.10. The van der Waals surface area contributed by atoms with Gasteiger partial charge < -0.3 is 14.8 Å². The average Bonchev–Trinajstić information content (AvgIpc) is 2.88. The Bertz CT molecular complexity index is 638. The third kappa shape index (κ3) is 2.60. The number of benzene rings is 1. The quantitative estimate of drug-likeness (QED) is 0.785. The van der Waals surface area contributed by atoms with Gasteiger partial charge >= 0.3 is 0 Å². The van der Waals surface area contributed by atoms with Crippen molar-refractivity contribution in [2.24, 2.45) is 0 Å². The second-order valence-electron chi connectivity index (χ2n) is 4.94. The van der Waals surface area contributed by atoms with Gasteiger partial charge in [-0.3, -0.25) is 0 Å². The maximum atomic E-state index is 5.57. The van der Waals surface area contributed by atoms with E-state index in [1.54, 1.807) is 0 Å². The Morgan fingerprint density at radius 1 is 1.30 bits per heavy atom. The minimum atomic E-state index is 0.297.